The van der Waals surface area contributed by atoms with Crippen molar-refractivity contribution in [2.75, 3.05) is 31.6 Å². The fraction of sp³-hybridized carbons (Fsp3) is 0.273. The summed E-state index contributed by atoms with van der Waals surface area (Å²) in [5, 5.41) is 3.71. The first-order valence-electron chi connectivity index (χ1n) is 9.59. The van der Waals surface area contributed by atoms with Crippen LogP contribution in [0.3, 0.4) is 0 Å². The molecule has 0 aliphatic carbocycles. The molecule has 4 rings (SSSR count). The van der Waals surface area contributed by atoms with Gasteiger partial charge in [0.05, 0.1) is 5.56 Å². The smallest absolute Gasteiger partial charge is 0.256 e. The summed E-state index contributed by atoms with van der Waals surface area (Å²) in [4.78, 5) is 27.2. The number of nitrogens with zero attached hydrogens (tertiary/aromatic N) is 2. The number of hydrogen-bond donors (Lipinski definition) is 1. The number of likely N-dealkylation sites (N-methyl/N-ethyl adjacent to an activating group) is 1. The van der Waals surface area contributed by atoms with Gasteiger partial charge in [0.15, 0.2) is 11.5 Å². The van der Waals surface area contributed by atoms with Gasteiger partial charge in [0.1, 0.15) is 19.8 Å². The van der Waals surface area contributed by atoms with Crippen LogP contribution in [0.1, 0.15) is 17.3 Å². The number of carbonyl (C=O) groups is 2. The van der Waals surface area contributed by atoms with E-state index in [2.05, 4.69) is 5.32 Å². The molecular formula is C22H23N3O4. The van der Waals surface area contributed by atoms with Crippen LogP contribution in [0.4, 0.5) is 5.69 Å². The average Bonchev–Trinajstić information content (AvgIpc) is 3.08. The highest BCUT2D eigenvalue weighted by Gasteiger charge is 2.21. The highest BCUT2D eigenvalue weighted by molar-refractivity contribution is 6.08. The van der Waals surface area contributed by atoms with Crippen molar-refractivity contribution in [1.29, 1.82) is 0 Å². The predicted molar refractivity (Wildman–Crippen MR) is 111 cm³/mol. The largest absolute Gasteiger partial charge is 0.486 e. The lowest BCUT2D eigenvalue weighted by Crippen LogP contribution is -2.37. The highest BCUT2D eigenvalue weighted by Crippen LogP contribution is 2.32. The first-order chi connectivity index (χ1) is 14.1. The van der Waals surface area contributed by atoms with Crippen LogP contribution in [-0.4, -0.2) is 47.6 Å². The summed E-state index contributed by atoms with van der Waals surface area (Å²) in [5.74, 6) is 0.836. The zero-order valence-corrected chi connectivity index (χ0v) is 16.5. The summed E-state index contributed by atoms with van der Waals surface area (Å²) in [6.07, 6.45) is 1.81. The van der Waals surface area contributed by atoms with E-state index in [4.69, 9.17) is 9.47 Å². The number of hydrogen-bond acceptors (Lipinski definition) is 4. The van der Waals surface area contributed by atoms with E-state index in [1.807, 2.05) is 49.0 Å². The third kappa shape index (κ3) is 3.76. The summed E-state index contributed by atoms with van der Waals surface area (Å²) in [6.45, 7) is 3.25. The first-order valence-corrected chi connectivity index (χ1v) is 9.59. The zero-order chi connectivity index (χ0) is 20.4. The molecule has 150 valence electrons. The molecule has 0 saturated heterocycles. The van der Waals surface area contributed by atoms with Crippen LogP contribution in [0.15, 0.2) is 48.7 Å². The van der Waals surface area contributed by atoms with Gasteiger partial charge >= 0.3 is 0 Å². The maximum atomic E-state index is 13.1. The molecule has 7 heteroatoms. The molecule has 0 bridgehead atoms. The van der Waals surface area contributed by atoms with Gasteiger partial charge in [-0.25, -0.2) is 0 Å². The van der Waals surface area contributed by atoms with Crippen molar-refractivity contribution in [2.45, 2.75) is 6.92 Å². The average molecular weight is 393 g/mol. The molecule has 0 spiro atoms. The van der Waals surface area contributed by atoms with Crippen LogP contribution in [0, 0.1) is 0 Å². The number of carbonyl (C=O) groups excluding carboxylic acids is 2. The lowest BCUT2D eigenvalue weighted by atomic mass is 10.1. The van der Waals surface area contributed by atoms with Crippen molar-refractivity contribution in [3.63, 3.8) is 0 Å². The number of aryl methyl sites for hydroxylation is 1. The molecule has 0 atom stereocenters. The molecule has 0 radical (unpaired) electrons. The Bertz CT molecular complexity index is 1070. The maximum Gasteiger partial charge on any atom is 0.256 e. The molecule has 0 saturated carbocycles. The van der Waals surface area contributed by atoms with Crippen LogP contribution in [0.2, 0.25) is 0 Å². The summed E-state index contributed by atoms with van der Waals surface area (Å²) < 4.78 is 13.0. The Morgan fingerprint density at radius 2 is 1.86 bits per heavy atom. The molecule has 2 aromatic carbocycles. The molecule has 1 aromatic heterocycles. The number of nitrogens with one attached hydrogen (secondary N) is 1. The molecule has 1 aliphatic heterocycles. The van der Waals surface area contributed by atoms with Crippen molar-refractivity contribution in [3.05, 3.63) is 54.2 Å². The van der Waals surface area contributed by atoms with Crippen molar-refractivity contribution in [2.24, 2.45) is 7.05 Å². The van der Waals surface area contributed by atoms with Gasteiger partial charge in [0.2, 0.25) is 5.91 Å². The molecule has 0 fully saturated rings. The third-order valence-electron chi connectivity index (χ3n) is 4.96. The minimum Gasteiger partial charge on any atom is -0.486 e. The molecule has 2 heterocycles. The Kier molecular flexibility index (Phi) is 5.12. The Balaban J connectivity index is 1.48. The first kappa shape index (κ1) is 18.9. The van der Waals surface area contributed by atoms with Crippen molar-refractivity contribution in [1.82, 2.24) is 9.47 Å². The standard InChI is InChI=1S/C22H23N3O4/c1-3-25(22(27)17-13-24(2)18-7-5-4-6-16(17)18)14-21(26)23-15-8-9-19-20(12-15)29-11-10-28-19/h4-9,12-13H,3,10-11,14H2,1-2H3,(H,23,26). The molecule has 1 aliphatic rings. The zero-order valence-electron chi connectivity index (χ0n) is 16.5. The van der Waals surface area contributed by atoms with Crippen molar-refractivity contribution < 1.29 is 19.1 Å². The van der Waals surface area contributed by atoms with Crippen LogP contribution in [0.5, 0.6) is 11.5 Å². The second kappa shape index (κ2) is 7.87. The number of fused-ring (bicyclic) bond motifs is 2. The quantitative estimate of drug-likeness (QED) is 0.723. The summed E-state index contributed by atoms with van der Waals surface area (Å²) >= 11 is 0. The van der Waals surface area contributed by atoms with E-state index in [0.717, 1.165) is 10.9 Å². The normalized spacial score (nSPS) is 12.6. The Hall–Kier alpha value is -3.48. The van der Waals surface area contributed by atoms with Gasteiger partial charge in [0, 0.05) is 42.4 Å². The van der Waals surface area contributed by atoms with E-state index < -0.39 is 0 Å². The molecule has 1 N–H and O–H groups in total. The van der Waals surface area contributed by atoms with Crippen LogP contribution in [-0.2, 0) is 11.8 Å². The number of para-hydroxylation sites is 1. The molecule has 29 heavy (non-hydrogen) atoms. The van der Waals surface area contributed by atoms with Crippen LogP contribution < -0.4 is 14.8 Å². The number of amides is 2. The SMILES string of the molecule is CCN(CC(=O)Nc1ccc2c(c1)OCCO2)C(=O)c1cn(C)c2ccccc12. The van der Waals surface area contributed by atoms with E-state index in [9.17, 15) is 9.59 Å². The number of rotatable bonds is 5. The molecule has 7 nitrogen and oxygen atoms in total. The number of benzene rings is 2. The monoisotopic (exact) mass is 393 g/mol. The number of aromatic nitrogens is 1. The van der Waals surface area contributed by atoms with Crippen LogP contribution >= 0.6 is 0 Å². The maximum absolute atomic E-state index is 13.1. The third-order valence-corrected chi connectivity index (χ3v) is 4.96. The second-order valence-electron chi connectivity index (χ2n) is 6.90. The van der Waals surface area contributed by atoms with Gasteiger partial charge in [-0.3, -0.25) is 9.59 Å². The summed E-state index contributed by atoms with van der Waals surface area (Å²) in [7, 11) is 1.91. The van der Waals surface area contributed by atoms with E-state index in [1.54, 1.807) is 18.2 Å². The second-order valence-corrected chi connectivity index (χ2v) is 6.90. The van der Waals surface area contributed by atoms with Gasteiger partial charge < -0.3 is 24.3 Å². The Morgan fingerprint density at radius 3 is 2.66 bits per heavy atom. The fourth-order valence-electron chi connectivity index (χ4n) is 3.50. The van der Waals surface area contributed by atoms with Gasteiger partial charge in [-0.2, -0.15) is 0 Å². The topological polar surface area (TPSA) is 72.8 Å². The molecular weight excluding hydrogens is 370 g/mol. The minimum absolute atomic E-state index is 0.0347. The van der Waals surface area contributed by atoms with Gasteiger partial charge in [0.25, 0.3) is 5.91 Å². The Labute approximate surface area is 168 Å². The highest BCUT2D eigenvalue weighted by atomic mass is 16.6. The lowest BCUT2D eigenvalue weighted by molar-refractivity contribution is -0.116. The van der Waals surface area contributed by atoms with Gasteiger partial charge in [-0.15, -0.1) is 0 Å². The fourth-order valence-corrected chi connectivity index (χ4v) is 3.50. The van der Waals surface area contributed by atoms with Gasteiger partial charge in [-0.05, 0) is 25.1 Å². The predicted octanol–water partition coefficient (Wildman–Crippen LogP) is 3.05. The minimum atomic E-state index is -0.267. The van der Waals surface area contributed by atoms with Crippen molar-refractivity contribution in [3.8, 4) is 11.5 Å². The van der Waals surface area contributed by atoms with Crippen LogP contribution in [0.25, 0.3) is 10.9 Å². The number of ether oxygens (including phenoxy) is 2. The van der Waals surface area contributed by atoms with Crippen molar-refractivity contribution >= 4 is 28.4 Å². The molecule has 2 amide bonds. The lowest BCUT2D eigenvalue weighted by Gasteiger charge is -2.21. The van der Waals surface area contributed by atoms with E-state index in [0.29, 0.717) is 42.5 Å². The Morgan fingerprint density at radius 1 is 1.10 bits per heavy atom. The van der Waals surface area contributed by atoms with E-state index in [1.165, 1.54) is 4.90 Å². The molecule has 3 aromatic rings. The van der Waals surface area contributed by atoms with E-state index in [-0.39, 0.29) is 18.4 Å². The molecule has 0 unspecified atom stereocenters. The van der Waals surface area contributed by atoms with Gasteiger partial charge in [-0.1, -0.05) is 18.2 Å². The summed E-state index contributed by atoms with van der Waals surface area (Å²) in [6, 6.07) is 13.0. The van der Waals surface area contributed by atoms with E-state index >= 15 is 0 Å². The summed E-state index contributed by atoms with van der Waals surface area (Å²) in [5.41, 5.74) is 2.18. The number of anilines is 1.